The number of rotatable bonds is 4. The van der Waals surface area contributed by atoms with Gasteiger partial charge in [0.05, 0.1) is 20.8 Å². The Morgan fingerprint density at radius 1 is 1.11 bits per heavy atom. The van der Waals surface area contributed by atoms with E-state index in [1.807, 2.05) is 0 Å². The van der Waals surface area contributed by atoms with E-state index in [0.29, 0.717) is 48.0 Å². The van der Waals surface area contributed by atoms with Crippen molar-refractivity contribution in [2.75, 3.05) is 20.8 Å². The second-order valence-corrected chi connectivity index (χ2v) is 6.46. The molecule has 6 nitrogen and oxygen atoms in total. The van der Waals surface area contributed by atoms with E-state index in [1.165, 1.54) is 26.4 Å². The molecule has 0 spiro atoms. The van der Waals surface area contributed by atoms with Gasteiger partial charge in [0, 0.05) is 17.7 Å². The molecule has 1 aromatic heterocycles. The minimum Gasteiger partial charge on any atom is -0.496 e. The minimum absolute atomic E-state index is 0.189. The molecular weight excluding hydrogens is 363 g/mol. The number of amides is 1. The van der Waals surface area contributed by atoms with Crippen molar-refractivity contribution in [1.29, 1.82) is 0 Å². The summed E-state index contributed by atoms with van der Waals surface area (Å²) < 4.78 is 29.4. The van der Waals surface area contributed by atoms with Crippen LogP contribution in [0.2, 0.25) is 0 Å². The molecule has 0 bridgehead atoms. The summed E-state index contributed by atoms with van der Waals surface area (Å²) in [4.78, 5) is 14.8. The molecule has 3 aromatic rings. The molecule has 2 aromatic carbocycles. The van der Waals surface area contributed by atoms with Crippen molar-refractivity contribution in [1.82, 2.24) is 10.1 Å². The van der Waals surface area contributed by atoms with E-state index < -0.39 is 0 Å². The average molecular weight is 382 g/mol. The Hall–Kier alpha value is -3.35. The molecule has 0 saturated heterocycles. The van der Waals surface area contributed by atoms with E-state index in [9.17, 15) is 9.18 Å². The quantitative estimate of drug-likeness (QED) is 0.689. The van der Waals surface area contributed by atoms with Crippen LogP contribution in [0.4, 0.5) is 4.39 Å². The zero-order valence-corrected chi connectivity index (χ0v) is 15.6. The van der Waals surface area contributed by atoms with Crippen LogP contribution in [0.15, 0.2) is 47.0 Å². The number of benzene rings is 2. The van der Waals surface area contributed by atoms with Crippen LogP contribution in [0.25, 0.3) is 11.3 Å². The second kappa shape index (κ2) is 7.34. The van der Waals surface area contributed by atoms with E-state index in [0.717, 1.165) is 11.1 Å². The summed E-state index contributed by atoms with van der Waals surface area (Å²) in [5, 5.41) is 4.14. The zero-order chi connectivity index (χ0) is 19.7. The van der Waals surface area contributed by atoms with Crippen LogP contribution >= 0.6 is 0 Å². The number of nitrogens with zero attached hydrogens (tertiary/aromatic N) is 2. The molecule has 0 saturated carbocycles. The highest BCUT2D eigenvalue weighted by Crippen LogP contribution is 2.34. The molecule has 0 aliphatic carbocycles. The fourth-order valence-corrected chi connectivity index (χ4v) is 3.45. The molecule has 2 heterocycles. The van der Waals surface area contributed by atoms with Gasteiger partial charge in [-0.05, 0) is 42.8 Å². The SMILES string of the molecule is COc1cccc(OC)c1C(=O)N1CCc2c(noc2-c2ccc(F)cc2)C1. The molecule has 0 fully saturated rings. The van der Waals surface area contributed by atoms with Crippen molar-refractivity contribution in [2.24, 2.45) is 0 Å². The van der Waals surface area contributed by atoms with E-state index in [2.05, 4.69) is 5.16 Å². The summed E-state index contributed by atoms with van der Waals surface area (Å²) in [6, 6.07) is 11.3. The maximum absolute atomic E-state index is 13.2. The number of aromatic nitrogens is 1. The first kappa shape index (κ1) is 18.0. The Balaban J connectivity index is 1.62. The van der Waals surface area contributed by atoms with Crippen molar-refractivity contribution < 1.29 is 23.2 Å². The lowest BCUT2D eigenvalue weighted by molar-refractivity contribution is 0.0724. The minimum atomic E-state index is -0.306. The van der Waals surface area contributed by atoms with Crippen LogP contribution in [-0.2, 0) is 13.0 Å². The molecule has 7 heteroatoms. The molecule has 144 valence electrons. The van der Waals surface area contributed by atoms with Crippen molar-refractivity contribution in [3.63, 3.8) is 0 Å². The van der Waals surface area contributed by atoms with E-state index in [1.54, 1.807) is 35.2 Å². The van der Waals surface area contributed by atoms with E-state index >= 15 is 0 Å². The number of halogens is 1. The monoisotopic (exact) mass is 382 g/mol. The van der Waals surface area contributed by atoms with Gasteiger partial charge in [0.25, 0.3) is 5.91 Å². The molecule has 0 N–H and O–H groups in total. The number of fused-ring (bicyclic) bond motifs is 1. The number of hydrogen-bond acceptors (Lipinski definition) is 5. The molecule has 1 aliphatic heterocycles. The van der Waals surface area contributed by atoms with Crippen LogP contribution in [0.3, 0.4) is 0 Å². The highest BCUT2D eigenvalue weighted by atomic mass is 19.1. The number of hydrogen-bond donors (Lipinski definition) is 0. The van der Waals surface area contributed by atoms with E-state index in [4.69, 9.17) is 14.0 Å². The van der Waals surface area contributed by atoms with Gasteiger partial charge in [0.15, 0.2) is 5.76 Å². The Morgan fingerprint density at radius 3 is 2.43 bits per heavy atom. The summed E-state index contributed by atoms with van der Waals surface area (Å²) in [5.74, 6) is 1.05. The summed E-state index contributed by atoms with van der Waals surface area (Å²) in [6.45, 7) is 0.822. The maximum atomic E-state index is 13.2. The summed E-state index contributed by atoms with van der Waals surface area (Å²) >= 11 is 0. The predicted molar refractivity (Wildman–Crippen MR) is 99.9 cm³/mol. The van der Waals surface area contributed by atoms with Gasteiger partial charge in [-0.1, -0.05) is 11.2 Å². The van der Waals surface area contributed by atoms with Gasteiger partial charge in [-0.2, -0.15) is 0 Å². The van der Waals surface area contributed by atoms with Crippen LogP contribution in [0.5, 0.6) is 11.5 Å². The maximum Gasteiger partial charge on any atom is 0.261 e. The normalized spacial score (nSPS) is 13.2. The van der Waals surface area contributed by atoms with Crippen molar-refractivity contribution in [2.45, 2.75) is 13.0 Å². The predicted octanol–water partition coefficient (Wildman–Crippen LogP) is 3.70. The highest BCUT2D eigenvalue weighted by molar-refractivity contribution is 5.99. The first-order chi connectivity index (χ1) is 13.6. The number of methoxy groups -OCH3 is 2. The highest BCUT2D eigenvalue weighted by Gasteiger charge is 2.30. The lowest BCUT2D eigenvalue weighted by Gasteiger charge is -2.27. The van der Waals surface area contributed by atoms with E-state index in [-0.39, 0.29) is 11.7 Å². The van der Waals surface area contributed by atoms with Crippen LogP contribution in [0, 0.1) is 5.82 Å². The number of carbonyl (C=O) groups excluding carboxylic acids is 1. The van der Waals surface area contributed by atoms with Gasteiger partial charge in [0.2, 0.25) is 0 Å². The topological polar surface area (TPSA) is 64.8 Å². The first-order valence-corrected chi connectivity index (χ1v) is 8.86. The van der Waals surface area contributed by atoms with Crippen LogP contribution in [-0.4, -0.2) is 36.7 Å². The number of carbonyl (C=O) groups is 1. The smallest absolute Gasteiger partial charge is 0.261 e. The Kier molecular flexibility index (Phi) is 4.73. The molecule has 1 amide bonds. The lowest BCUT2D eigenvalue weighted by atomic mass is 10.00. The standard InChI is InChI=1S/C21H19FN2O4/c1-26-17-4-3-5-18(27-2)19(17)21(25)24-11-10-15-16(12-24)23-28-20(15)13-6-8-14(22)9-7-13/h3-9H,10-12H2,1-2H3. The number of ether oxygens (including phenoxy) is 2. The molecule has 0 radical (unpaired) electrons. The van der Waals surface area contributed by atoms with Gasteiger partial charge in [-0.15, -0.1) is 0 Å². The third-order valence-electron chi connectivity index (χ3n) is 4.88. The lowest BCUT2D eigenvalue weighted by Crippen LogP contribution is -2.36. The Labute approximate surface area is 161 Å². The first-order valence-electron chi connectivity index (χ1n) is 8.86. The molecule has 1 aliphatic rings. The van der Waals surface area contributed by atoms with Gasteiger partial charge in [-0.25, -0.2) is 4.39 Å². The fraction of sp³-hybridized carbons (Fsp3) is 0.238. The largest absolute Gasteiger partial charge is 0.496 e. The summed E-state index contributed by atoms with van der Waals surface area (Å²) in [6.07, 6.45) is 0.592. The van der Waals surface area contributed by atoms with Crippen molar-refractivity contribution in [3.05, 3.63) is 65.1 Å². The summed E-state index contributed by atoms with van der Waals surface area (Å²) in [7, 11) is 3.04. The van der Waals surface area contributed by atoms with Gasteiger partial charge < -0.3 is 18.9 Å². The summed E-state index contributed by atoms with van der Waals surface area (Å²) in [5.41, 5.74) is 2.80. The third kappa shape index (κ3) is 3.09. The van der Waals surface area contributed by atoms with Crippen LogP contribution in [0.1, 0.15) is 21.6 Å². The molecule has 28 heavy (non-hydrogen) atoms. The van der Waals surface area contributed by atoms with Gasteiger partial charge in [0.1, 0.15) is 28.6 Å². The van der Waals surface area contributed by atoms with Crippen molar-refractivity contribution in [3.8, 4) is 22.8 Å². The second-order valence-electron chi connectivity index (χ2n) is 6.46. The third-order valence-corrected chi connectivity index (χ3v) is 4.88. The van der Waals surface area contributed by atoms with Gasteiger partial charge >= 0.3 is 0 Å². The fourth-order valence-electron chi connectivity index (χ4n) is 3.45. The average Bonchev–Trinajstić information content (AvgIpc) is 3.16. The van der Waals surface area contributed by atoms with Crippen LogP contribution < -0.4 is 9.47 Å². The molecular formula is C21H19FN2O4. The molecule has 0 atom stereocenters. The molecule has 0 unspecified atom stereocenters. The Bertz CT molecular complexity index is 991. The Morgan fingerprint density at radius 2 is 1.79 bits per heavy atom. The van der Waals surface area contributed by atoms with Crippen molar-refractivity contribution >= 4 is 5.91 Å². The zero-order valence-electron chi connectivity index (χ0n) is 15.6. The molecule has 4 rings (SSSR count). The van der Waals surface area contributed by atoms with Gasteiger partial charge in [-0.3, -0.25) is 4.79 Å².